The Kier molecular flexibility index (Phi) is 5.02. The zero-order valence-electron chi connectivity index (χ0n) is 9.99. The van der Waals surface area contributed by atoms with E-state index in [0.717, 1.165) is 23.4 Å². The lowest BCUT2D eigenvalue weighted by Crippen LogP contribution is -2.29. The normalized spacial score (nSPS) is 12.2. The molecule has 1 rings (SSSR count). The first-order valence-electron chi connectivity index (χ1n) is 5.39. The number of benzene rings is 1. The average Bonchev–Trinajstić information content (AvgIpc) is 2.30. The Morgan fingerprint density at radius 2 is 2.31 bits per heavy atom. The van der Waals surface area contributed by atoms with Crippen LogP contribution in [0.2, 0.25) is 0 Å². The largest absolute Gasteiger partial charge is 0.497 e. The van der Waals surface area contributed by atoms with Crippen molar-refractivity contribution in [3.63, 3.8) is 0 Å². The highest BCUT2D eigenvalue weighted by molar-refractivity contribution is 5.30. The first-order chi connectivity index (χ1) is 7.67. The van der Waals surface area contributed by atoms with E-state index in [2.05, 4.69) is 11.9 Å². The van der Waals surface area contributed by atoms with Crippen LogP contribution in [0.3, 0.4) is 0 Å². The summed E-state index contributed by atoms with van der Waals surface area (Å²) in [5.74, 6) is 0.855. The van der Waals surface area contributed by atoms with Gasteiger partial charge in [0.25, 0.3) is 0 Å². The second kappa shape index (κ2) is 6.30. The van der Waals surface area contributed by atoms with Gasteiger partial charge in [-0.15, -0.1) is 0 Å². The van der Waals surface area contributed by atoms with Crippen LogP contribution in [0.4, 0.5) is 0 Å². The predicted molar refractivity (Wildman–Crippen MR) is 67.6 cm³/mol. The molecule has 0 aliphatic heterocycles. The lowest BCUT2D eigenvalue weighted by atomic mass is 10.1. The smallest absolute Gasteiger partial charge is 0.119 e. The van der Waals surface area contributed by atoms with Crippen LogP contribution in [-0.4, -0.2) is 20.2 Å². The third-order valence-electron chi connectivity index (χ3n) is 2.38. The van der Waals surface area contributed by atoms with Crippen LogP contribution in [0.25, 0.3) is 0 Å². The molecule has 0 aliphatic rings. The number of nitrogens with two attached hydrogens (primary N) is 1. The molecule has 0 fully saturated rings. The molecule has 0 spiro atoms. The zero-order valence-corrected chi connectivity index (χ0v) is 9.99. The molecule has 0 amide bonds. The molecule has 16 heavy (non-hydrogen) atoms. The summed E-state index contributed by atoms with van der Waals surface area (Å²) in [6, 6.07) is 8.09. The van der Waals surface area contributed by atoms with Crippen molar-refractivity contribution in [1.82, 2.24) is 5.32 Å². The van der Waals surface area contributed by atoms with Crippen molar-refractivity contribution < 1.29 is 4.74 Å². The Labute approximate surface area is 97.3 Å². The minimum Gasteiger partial charge on any atom is -0.497 e. The van der Waals surface area contributed by atoms with Gasteiger partial charge in [0, 0.05) is 19.1 Å². The number of methoxy groups -OCH3 is 1. The Balaban J connectivity index is 2.73. The summed E-state index contributed by atoms with van der Waals surface area (Å²) in [6.45, 7) is 7.19. The van der Waals surface area contributed by atoms with Crippen LogP contribution in [0.1, 0.15) is 18.5 Å². The minimum absolute atomic E-state index is 0.145. The number of hydrogen-bond donors (Lipinski definition) is 2. The molecule has 1 aromatic rings. The molecule has 1 unspecified atom stereocenters. The molecular formula is C13H20N2O. The van der Waals surface area contributed by atoms with Gasteiger partial charge in [-0.3, -0.25) is 0 Å². The van der Waals surface area contributed by atoms with Gasteiger partial charge in [0.2, 0.25) is 0 Å². The topological polar surface area (TPSA) is 47.3 Å². The quantitative estimate of drug-likeness (QED) is 0.719. The van der Waals surface area contributed by atoms with E-state index in [1.165, 1.54) is 0 Å². The number of ether oxygens (including phenoxy) is 1. The van der Waals surface area contributed by atoms with Crippen molar-refractivity contribution in [1.29, 1.82) is 0 Å². The van der Waals surface area contributed by atoms with E-state index >= 15 is 0 Å². The van der Waals surface area contributed by atoms with Crippen molar-refractivity contribution in [2.45, 2.75) is 13.0 Å². The Morgan fingerprint density at radius 3 is 2.88 bits per heavy atom. The third kappa shape index (κ3) is 3.68. The molecule has 0 saturated carbocycles. The molecule has 1 atom stereocenters. The van der Waals surface area contributed by atoms with E-state index in [1.807, 2.05) is 31.2 Å². The van der Waals surface area contributed by atoms with Crippen molar-refractivity contribution in [3.8, 4) is 5.75 Å². The third-order valence-corrected chi connectivity index (χ3v) is 2.38. The molecule has 0 aliphatic carbocycles. The summed E-state index contributed by atoms with van der Waals surface area (Å²) < 4.78 is 5.19. The fourth-order valence-electron chi connectivity index (χ4n) is 1.49. The number of rotatable bonds is 6. The average molecular weight is 220 g/mol. The van der Waals surface area contributed by atoms with Gasteiger partial charge in [-0.05, 0) is 24.6 Å². The van der Waals surface area contributed by atoms with Crippen molar-refractivity contribution >= 4 is 0 Å². The monoisotopic (exact) mass is 220 g/mol. The Hall–Kier alpha value is -1.32. The summed E-state index contributed by atoms with van der Waals surface area (Å²) >= 11 is 0. The Bertz CT molecular complexity index is 350. The molecule has 3 heteroatoms. The van der Waals surface area contributed by atoms with Crippen LogP contribution in [0.15, 0.2) is 36.4 Å². The lowest BCUT2D eigenvalue weighted by molar-refractivity contribution is 0.413. The maximum absolute atomic E-state index is 5.75. The van der Waals surface area contributed by atoms with Gasteiger partial charge in [-0.2, -0.15) is 0 Å². The molecule has 1 aromatic carbocycles. The molecule has 0 aromatic heterocycles. The summed E-state index contributed by atoms with van der Waals surface area (Å²) in [4.78, 5) is 0. The van der Waals surface area contributed by atoms with E-state index in [4.69, 9.17) is 10.5 Å². The standard InChI is InChI=1S/C13H20N2O/c1-10(2)9-15-13(8-14)11-5-4-6-12(7-11)16-3/h4-7,13,15H,1,8-9,14H2,2-3H3. The Morgan fingerprint density at radius 1 is 1.56 bits per heavy atom. The molecule has 3 N–H and O–H groups in total. The second-order valence-electron chi connectivity index (χ2n) is 3.90. The van der Waals surface area contributed by atoms with Crippen LogP contribution >= 0.6 is 0 Å². The number of hydrogen-bond acceptors (Lipinski definition) is 3. The minimum atomic E-state index is 0.145. The molecule has 0 bridgehead atoms. The van der Waals surface area contributed by atoms with E-state index < -0.39 is 0 Å². The first-order valence-corrected chi connectivity index (χ1v) is 5.39. The van der Waals surface area contributed by atoms with Crippen LogP contribution < -0.4 is 15.8 Å². The second-order valence-corrected chi connectivity index (χ2v) is 3.90. The predicted octanol–water partition coefficient (Wildman–Crippen LogP) is 1.86. The fourth-order valence-corrected chi connectivity index (χ4v) is 1.49. The van der Waals surface area contributed by atoms with Gasteiger partial charge in [0.1, 0.15) is 5.75 Å². The van der Waals surface area contributed by atoms with Crippen LogP contribution in [-0.2, 0) is 0 Å². The van der Waals surface area contributed by atoms with Gasteiger partial charge in [-0.1, -0.05) is 24.3 Å². The zero-order chi connectivity index (χ0) is 12.0. The highest BCUT2D eigenvalue weighted by Crippen LogP contribution is 2.18. The first kappa shape index (κ1) is 12.7. The fraction of sp³-hybridized carbons (Fsp3) is 0.385. The maximum atomic E-state index is 5.75. The van der Waals surface area contributed by atoms with Crippen LogP contribution in [0.5, 0.6) is 5.75 Å². The molecular weight excluding hydrogens is 200 g/mol. The van der Waals surface area contributed by atoms with Crippen molar-refractivity contribution in [2.75, 3.05) is 20.2 Å². The maximum Gasteiger partial charge on any atom is 0.119 e. The van der Waals surface area contributed by atoms with Gasteiger partial charge in [-0.25, -0.2) is 0 Å². The highest BCUT2D eigenvalue weighted by Gasteiger charge is 2.09. The van der Waals surface area contributed by atoms with E-state index in [9.17, 15) is 0 Å². The SMILES string of the molecule is C=C(C)CNC(CN)c1cccc(OC)c1. The van der Waals surface area contributed by atoms with E-state index in [0.29, 0.717) is 6.54 Å². The molecule has 0 radical (unpaired) electrons. The van der Waals surface area contributed by atoms with E-state index in [-0.39, 0.29) is 6.04 Å². The summed E-state index contributed by atoms with van der Waals surface area (Å²) in [5.41, 5.74) is 7.99. The van der Waals surface area contributed by atoms with Gasteiger partial charge >= 0.3 is 0 Å². The van der Waals surface area contributed by atoms with Crippen molar-refractivity contribution in [2.24, 2.45) is 5.73 Å². The molecule has 3 nitrogen and oxygen atoms in total. The summed E-state index contributed by atoms with van der Waals surface area (Å²) in [5, 5.41) is 3.36. The highest BCUT2D eigenvalue weighted by atomic mass is 16.5. The van der Waals surface area contributed by atoms with E-state index in [1.54, 1.807) is 7.11 Å². The molecule has 0 saturated heterocycles. The van der Waals surface area contributed by atoms with Gasteiger partial charge < -0.3 is 15.8 Å². The summed E-state index contributed by atoms with van der Waals surface area (Å²) in [6.07, 6.45) is 0. The lowest BCUT2D eigenvalue weighted by Gasteiger charge is -2.18. The summed E-state index contributed by atoms with van der Waals surface area (Å²) in [7, 11) is 1.66. The molecule has 0 heterocycles. The number of nitrogens with one attached hydrogen (secondary N) is 1. The molecule has 88 valence electrons. The van der Waals surface area contributed by atoms with Crippen molar-refractivity contribution in [3.05, 3.63) is 42.0 Å². The van der Waals surface area contributed by atoms with Gasteiger partial charge in [0.05, 0.1) is 7.11 Å². The van der Waals surface area contributed by atoms with Crippen LogP contribution in [0, 0.1) is 0 Å². The van der Waals surface area contributed by atoms with Gasteiger partial charge in [0.15, 0.2) is 0 Å².